The maximum atomic E-state index is 12.2. The maximum absolute atomic E-state index is 12.2. The van der Waals surface area contributed by atoms with Crippen LogP contribution in [-0.4, -0.2) is 42.2 Å². The number of thiophene rings is 1. The van der Waals surface area contributed by atoms with Crippen molar-refractivity contribution in [3.05, 3.63) is 16.0 Å². The van der Waals surface area contributed by atoms with Crippen LogP contribution < -0.4 is 5.32 Å². The Morgan fingerprint density at radius 1 is 1.42 bits per heavy atom. The second kappa shape index (κ2) is 7.64. The zero-order valence-electron chi connectivity index (χ0n) is 14.2. The van der Waals surface area contributed by atoms with E-state index in [4.69, 9.17) is 0 Å². The summed E-state index contributed by atoms with van der Waals surface area (Å²) in [5, 5.41) is 22.9. The van der Waals surface area contributed by atoms with E-state index in [2.05, 4.69) is 16.3 Å². The second-order valence-corrected chi connectivity index (χ2v) is 8.10. The van der Waals surface area contributed by atoms with Gasteiger partial charge in [0.15, 0.2) is 0 Å². The molecular formula is C18H25N3O2S. The van der Waals surface area contributed by atoms with Gasteiger partial charge in [-0.15, -0.1) is 11.3 Å². The highest BCUT2D eigenvalue weighted by Crippen LogP contribution is 2.38. The summed E-state index contributed by atoms with van der Waals surface area (Å²) in [5.41, 5.74) is 1.81. The summed E-state index contributed by atoms with van der Waals surface area (Å²) in [7, 11) is 2.00. The van der Waals surface area contributed by atoms with E-state index in [1.165, 1.54) is 4.88 Å². The van der Waals surface area contributed by atoms with E-state index in [1.54, 1.807) is 11.3 Å². The molecule has 0 radical (unpaired) electrons. The fourth-order valence-corrected chi connectivity index (χ4v) is 5.07. The Balaban J connectivity index is 1.49. The summed E-state index contributed by atoms with van der Waals surface area (Å²) in [6, 6.07) is 2.26. The molecule has 3 rings (SSSR count). The van der Waals surface area contributed by atoms with Gasteiger partial charge in [0.1, 0.15) is 11.1 Å². The Hall–Kier alpha value is -1.42. The first-order chi connectivity index (χ1) is 11.6. The zero-order valence-corrected chi connectivity index (χ0v) is 15.0. The molecule has 1 aromatic rings. The van der Waals surface area contributed by atoms with Crippen LogP contribution in [0.4, 0.5) is 5.00 Å². The number of fused-ring (bicyclic) bond motifs is 1. The highest BCUT2D eigenvalue weighted by Gasteiger charge is 2.26. The summed E-state index contributed by atoms with van der Waals surface area (Å²) < 4.78 is 0. The van der Waals surface area contributed by atoms with Crippen molar-refractivity contribution in [2.75, 3.05) is 25.5 Å². The van der Waals surface area contributed by atoms with Crippen LogP contribution in [0.1, 0.15) is 48.1 Å². The number of rotatable bonds is 6. The van der Waals surface area contributed by atoms with E-state index in [-0.39, 0.29) is 12.0 Å². The lowest BCUT2D eigenvalue weighted by Crippen LogP contribution is -2.32. The van der Waals surface area contributed by atoms with Crippen molar-refractivity contribution in [2.45, 2.75) is 51.0 Å². The molecule has 0 aliphatic heterocycles. The number of nitriles is 1. The smallest absolute Gasteiger partial charge is 0.226 e. The topological polar surface area (TPSA) is 76.4 Å². The van der Waals surface area contributed by atoms with Crippen LogP contribution in [0.3, 0.4) is 0 Å². The summed E-state index contributed by atoms with van der Waals surface area (Å²) in [4.78, 5) is 15.6. The van der Waals surface area contributed by atoms with Crippen LogP contribution in [-0.2, 0) is 17.6 Å². The van der Waals surface area contributed by atoms with Gasteiger partial charge in [-0.2, -0.15) is 5.26 Å². The molecule has 1 amide bonds. The summed E-state index contributed by atoms with van der Waals surface area (Å²) in [6.45, 7) is 1.51. The minimum Gasteiger partial charge on any atom is -0.393 e. The van der Waals surface area contributed by atoms with E-state index in [0.29, 0.717) is 24.4 Å². The molecular weight excluding hydrogens is 322 g/mol. The molecule has 0 spiro atoms. The molecule has 24 heavy (non-hydrogen) atoms. The quantitative estimate of drug-likeness (QED) is 0.829. The Kier molecular flexibility index (Phi) is 5.54. The second-order valence-electron chi connectivity index (χ2n) is 6.99. The van der Waals surface area contributed by atoms with Crippen LogP contribution in [0.2, 0.25) is 0 Å². The fraction of sp³-hybridized carbons (Fsp3) is 0.667. The molecule has 2 aliphatic carbocycles. The van der Waals surface area contributed by atoms with E-state index in [9.17, 15) is 15.2 Å². The molecule has 1 heterocycles. The predicted octanol–water partition coefficient (Wildman–Crippen LogP) is 2.53. The van der Waals surface area contributed by atoms with Crippen LogP contribution in [0.25, 0.3) is 0 Å². The van der Waals surface area contributed by atoms with Gasteiger partial charge in [-0.25, -0.2) is 0 Å². The van der Waals surface area contributed by atoms with Crippen molar-refractivity contribution in [1.29, 1.82) is 5.26 Å². The van der Waals surface area contributed by atoms with Crippen molar-refractivity contribution in [1.82, 2.24) is 4.90 Å². The van der Waals surface area contributed by atoms with Crippen molar-refractivity contribution >= 4 is 22.2 Å². The molecule has 1 saturated carbocycles. The van der Waals surface area contributed by atoms with Gasteiger partial charge in [0.25, 0.3) is 0 Å². The van der Waals surface area contributed by atoms with E-state index >= 15 is 0 Å². The zero-order chi connectivity index (χ0) is 17.1. The average Bonchev–Trinajstić information content (AvgIpc) is 3.22. The number of hydrogen-bond acceptors (Lipinski definition) is 5. The minimum atomic E-state index is -0.187. The maximum Gasteiger partial charge on any atom is 0.226 e. The number of carbonyl (C=O) groups is 1. The normalized spacial score (nSPS) is 22.6. The van der Waals surface area contributed by atoms with Crippen LogP contribution >= 0.6 is 11.3 Å². The third-order valence-corrected chi connectivity index (χ3v) is 6.38. The van der Waals surface area contributed by atoms with Crippen molar-refractivity contribution in [3.63, 3.8) is 0 Å². The van der Waals surface area contributed by atoms with Crippen LogP contribution in [0.5, 0.6) is 0 Å². The molecule has 2 unspecified atom stereocenters. The van der Waals surface area contributed by atoms with E-state index in [1.807, 2.05) is 7.05 Å². The lowest BCUT2D eigenvalue weighted by atomic mass is 10.1. The van der Waals surface area contributed by atoms with Gasteiger partial charge < -0.3 is 15.3 Å². The molecule has 2 N–H and O–H groups in total. The number of aryl methyl sites for hydroxylation is 1. The van der Waals surface area contributed by atoms with Crippen LogP contribution in [0.15, 0.2) is 0 Å². The first-order valence-electron chi connectivity index (χ1n) is 8.79. The highest BCUT2D eigenvalue weighted by atomic mass is 32.1. The molecule has 2 atom stereocenters. The third-order valence-electron chi connectivity index (χ3n) is 5.17. The van der Waals surface area contributed by atoms with Gasteiger partial charge in [-0.3, -0.25) is 4.79 Å². The first-order valence-corrected chi connectivity index (χ1v) is 9.61. The lowest BCUT2D eigenvalue weighted by molar-refractivity contribution is -0.116. The van der Waals surface area contributed by atoms with Gasteiger partial charge in [0, 0.05) is 24.4 Å². The van der Waals surface area contributed by atoms with Gasteiger partial charge in [-0.05, 0) is 50.6 Å². The SMILES string of the molecule is CN(CCC(=O)Nc1sc2c(c1C#N)CCC2)CC1CCCC1O. The number of anilines is 1. The minimum absolute atomic E-state index is 0.0368. The molecule has 5 nitrogen and oxygen atoms in total. The number of hydrogen-bond donors (Lipinski definition) is 2. The van der Waals surface area contributed by atoms with Crippen LogP contribution in [0, 0.1) is 17.2 Å². The van der Waals surface area contributed by atoms with Crippen molar-refractivity contribution in [3.8, 4) is 6.07 Å². The van der Waals surface area contributed by atoms with Gasteiger partial charge in [0.05, 0.1) is 11.7 Å². The first kappa shape index (κ1) is 17.4. The third kappa shape index (κ3) is 3.80. The molecule has 6 heteroatoms. The number of carbonyl (C=O) groups excluding carboxylic acids is 1. The monoisotopic (exact) mass is 347 g/mol. The standard InChI is InChI=1S/C18H25N3O2S/c1-21(11-12-4-2-6-15(12)22)9-8-17(23)20-18-14(10-19)13-5-3-7-16(13)24-18/h12,15,22H,2-9,11H2,1H3,(H,20,23). The molecule has 0 aromatic carbocycles. The molecule has 0 saturated heterocycles. The largest absolute Gasteiger partial charge is 0.393 e. The van der Waals surface area contributed by atoms with Gasteiger partial charge in [0.2, 0.25) is 5.91 Å². The molecule has 0 bridgehead atoms. The van der Waals surface area contributed by atoms with Gasteiger partial charge >= 0.3 is 0 Å². The van der Waals surface area contributed by atoms with Crippen molar-refractivity contribution in [2.24, 2.45) is 5.92 Å². The van der Waals surface area contributed by atoms with Gasteiger partial charge in [-0.1, -0.05) is 6.42 Å². The Labute approximate surface area is 147 Å². The Morgan fingerprint density at radius 3 is 2.96 bits per heavy atom. The number of aliphatic hydroxyl groups is 1. The average molecular weight is 347 g/mol. The molecule has 1 fully saturated rings. The van der Waals surface area contributed by atoms with E-state index < -0.39 is 0 Å². The molecule has 130 valence electrons. The number of aliphatic hydroxyl groups excluding tert-OH is 1. The Bertz CT molecular complexity index is 649. The Morgan fingerprint density at radius 2 is 2.25 bits per heavy atom. The molecule has 1 aromatic heterocycles. The molecule has 2 aliphatic rings. The summed E-state index contributed by atoms with van der Waals surface area (Å²) in [5.74, 6) is 0.300. The van der Waals surface area contributed by atoms with Crippen molar-refractivity contribution < 1.29 is 9.90 Å². The summed E-state index contributed by atoms with van der Waals surface area (Å²) in [6.07, 6.45) is 6.39. The number of nitrogens with one attached hydrogen (secondary N) is 1. The van der Waals surface area contributed by atoms with E-state index in [0.717, 1.165) is 55.6 Å². The lowest BCUT2D eigenvalue weighted by Gasteiger charge is -2.22. The highest BCUT2D eigenvalue weighted by molar-refractivity contribution is 7.16. The number of nitrogens with zero attached hydrogens (tertiary/aromatic N) is 2. The predicted molar refractivity (Wildman–Crippen MR) is 95.2 cm³/mol. The summed E-state index contributed by atoms with van der Waals surface area (Å²) >= 11 is 1.56. The number of amides is 1. The fourth-order valence-electron chi connectivity index (χ4n) is 3.81.